The van der Waals surface area contributed by atoms with Crippen LogP contribution in [-0.4, -0.2) is 9.55 Å². The summed E-state index contributed by atoms with van der Waals surface area (Å²) in [7, 11) is 0. The van der Waals surface area contributed by atoms with Gasteiger partial charge < -0.3 is 0 Å². The molecule has 0 saturated carbocycles. The molecule has 0 bridgehead atoms. The largest absolute Gasteiger partial charge is 0.329 e. The van der Waals surface area contributed by atoms with Crippen molar-refractivity contribution in [1.82, 2.24) is 9.55 Å². The number of halogens is 2. The third-order valence-electron chi connectivity index (χ3n) is 2.60. The van der Waals surface area contributed by atoms with Crippen LogP contribution < -0.4 is 11.2 Å². The van der Waals surface area contributed by atoms with Gasteiger partial charge in [0.2, 0.25) is 0 Å². The van der Waals surface area contributed by atoms with E-state index in [1.807, 2.05) is 0 Å². The number of H-pyrrole nitrogens is 1. The van der Waals surface area contributed by atoms with E-state index in [0.717, 1.165) is 4.57 Å². The van der Waals surface area contributed by atoms with Gasteiger partial charge in [-0.1, -0.05) is 41.4 Å². The molecule has 0 atom stereocenters. The Bertz CT molecular complexity index is 704. The van der Waals surface area contributed by atoms with Crippen LogP contribution in [0.15, 0.2) is 33.9 Å². The molecule has 0 amide bonds. The van der Waals surface area contributed by atoms with Crippen molar-refractivity contribution in [1.29, 1.82) is 0 Å². The summed E-state index contributed by atoms with van der Waals surface area (Å²) in [5, 5.41) is 0.411. The second kappa shape index (κ2) is 5.00. The van der Waals surface area contributed by atoms with Crippen LogP contribution in [0.3, 0.4) is 0 Å². The lowest BCUT2D eigenvalue weighted by Gasteiger charge is -2.08. The van der Waals surface area contributed by atoms with Gasteiger partial charge >= 0.3 is 5.69 Å². The van der Waals surface area contributed by atoms with Crippen LogP contribution in [-0.2, 0) is 6.54 Å². The van der Waals surface area contributed by atoms with Crippen LogP contribution in [0.1, 0.15) is 6.92 Å². The maximum Gasteiger partial charge on any atom is 0.329 e. The molecule has 2 aromatic rings. The van der Waals surface area contributed by atoms with Gasteiger partial charge in [0.05, 0.1) is 5.56 Å². The van der Waals surface area contributed by atoms with E-state index >= 15 is 0 Å². The maximum absolute atomic E-state index is 12.2. The summed E-state index contributed by atoms with van der Waals surface area (Å²) >= 11 is 12.0. The summed E-state index contributed by atoms with van der Waals surface area (Å²) in [6, 6.07) is 6.85. The van der Waals surface area contributed by atoms with Gasteiger partial charge in [0.15, 0.2) is 0 Å². The molecule has 4 nitrogen and oxygen atoms in total. The number of nitrogens with zero attached hydrogens (tertiary/aromatic N) is 1. The fraction of sp³-hybridized carbons (Fsp3) is 0.167. The first-order valence-electron chi connectivity index (χ1n) is 5.33. The Balaban J connectivity index is 2.85. The zero-order valence-electron chi connectivity index (χ0n) is 9.54. The van der Waals surface area contributed by atoms with Gasteiger partial charge in [-0.2, -0.15) is 0 Å². The lowest BCUT2D eigenvalue weighted by molar-refractivity contribution is 0.675. The van der Waals surface area contributed by atoms with Gasteiger partial charge in [-0.05, 0) is 13.0 Å². The van der Waals surface area contributed by atoms with Crippen molar-refractivity contribution in [2.24, 2.45) is 0 Å². The SMILES string of the molecule is CCn1c(=O)[nH]c(Cl)c(-c2ccccc2Cl)c1=O. The second-order valence-electron chi connectivity index (χ2n) is 3.65. The molecule has 0 fully saturated rings. The molecule has 1 aromatic carbocycles. The highest BCUT2D eigenvalue weighted by Gasteiger charge is 2.15. The Morgan fingerprint density at radius 3 is 2.50 bits per heavy atom. The van der Waals surface area contributed by atoms with Crippen molar-refractivity contribution in [3.05, 3.63) is 55.3 Å². The van der Waals surface area contributed by atoms with Gasteiger partial charge in [0, 0.05) is 17.1 Å². The number of rotatable bonds is 2. The van der Waals surface area contributed by atoms with E-state index in [1.54, 1.807) is 31.2 Å². The molecule has 1 heterocycles. The van der Waals surface area contributed by atoms with E-state index < -0.39 is 11.2 Å². The van der Waals surface area contributed by atoms with E-state index in [1.165, 1.54) is 0 Å². The number of aromatic nitrogens is 2. The predicted molar refractivity (Wildman–Crippen MR) is 72.5 cm³/mol. The normalized spacial score (nSPS) is 10.6. The second-order valence-corrected chi connectivity index (χ2v) is 4.43. The summed E-state index contributed by atoms with van der Waals surface area (Å²) in [5.41, 5.74) is -0.251. The molecule has 0 aliphatic carbocycles. The van der Waals surface area contributed by atoms with Gasteiger partial charge in [-0.15, -0.1) is 0 Å². The highest BCUT2D eigenvalue weighted by atomic mass is 35.5. The lowest BCUT2D eigenvalue weighted by atomic mass is 10.1. The zero-order valence-corrected chi connectivity index (χ0v) is 11.0. The standard InChI is InChI=1S/C12H10Cl2N2O2/c1-2-16-11(17)9(10(14)15-12(16)18)7-5-3-4-6-8(7)13/h3-6H,2H2,1H3,(H,15,18). The molecule has 18 heavy (non-hydrogen) atoms. The first-order chi connectivity index (χ1) is 8.56. The molecular formula is C12H10Cl2N2O2. The van der Waals surface area contributed by atoms with Crippen molar-refractivity contribution in [3.8, 4) is 11.1 Å². The van der Waals surface area contributed by atoms with Crippen LogP contribution in [0.4, 0.5) is 0 Å². The number of nitrogens with one attached hydrogen (secondary N) is 1. The van der Waals surface area contributed by atoms with Gasteiger partial charge in [-0.25, -0.2) is 4.79 Å². The van der Waals surface area contributed by atoms with E-state index in [9.17, 15) is 9.59 Å². The molecule has 0 spiro atoms. The average Bonchev–Trinajstić information content (AvgIpc) is 2.31. The lowest BCUT2D eigenvalue weighted by Crippen LogP contribution is -2.35. The van der Waals surface area contributed by atoms with Crippen molar-refractivity contribution in [2.45, 2.75) is 13.5 Å². The minimum absolute atomic E-state index is 0.00259. The molecule has 6 heteroatoms. The Kier molecular flexibility index (Phi) is 3.59. The highest BCUT2D eigenvalue weighted by Crippen LogP contribution is 2.28. The average molecular weight is 285 g/mol. The van der Waals surface area contributed by atoms with E-state index in [2.05, 4.69) is 4.98 Å². The monoisotopic (exact) mass is 284 g/mol. The first kappa shape index (κ1) is 12.9. The molecule has 0 aliphatic rings. The molecule has 0 radical (unpaired) electrons. The van der Waals surface area contributed by atoms with Crippen LogP contribution in [0.5, 0.6) is 0 Å². The quantitative estimate of drug-likeness (QED) is 0.862. The third kappa shape index (κ3) is 2.09. The number of hydrogen-bond acceptors (Lipinski definition) is 2. The predicted octanol–water partition coefficient (Wildman–Crippen LogP) is 2.53. The molecule has 1 aromatic heterocycles. The fourth-order valence-electron chi connectivity index (χ4n) is 1.73. The summed E-state index contributed by atoms with van der Waals surface area (Å²) in [5.74, 6) is 0. The number of benzene rings is 1. The summed E-state index contributed by atoms with van der Waals surface area (Å²) in [6.07, 6.45) is 0. The maximum atomic E-state index is 12.2. The zero-order chi connectivity index (χ0) is 13.3. The van der Waals surface area contributed by atoms with Gasteiger partial charge in [-0.3, -0.25) is 14.3 Å². The van der Waals surface area contributed by atoms with Crippen molar-refractivity contribution in [2.75, 3.05) is 0 Å². The van der Waals surface area contributed by atoms with Crippen LogP contribution >= 0.6 is 23.2 Å². The van der Waals surface area contributed by atoms with Gasteiger partial charge in [0.25, 0.3) is 5.56 Å². The molecule has 94 valence electrons. The van der Waals surface area contributed by atoms with E-state index in [0.29, 0.717) is 10.6 Å². The molecular weight excluding hydrogens is 275 g/mol. The Labute approximate surface area is 113 Å². The van der Waals surface area contributed by atoms with Gasteiger partial charge in [0.1, 0.15) is 5.15 Å². The Morgan fingerprint density at radius 2 is 1.89 bits per heavy atom. The minimum Gasteiger partial charge on any atom is -0.297 e. The van der Waals surface area contributed by atoms with E-state index in [4.69, 9.17) is 23.2 Å². The van der Waals surface area contributed by atoms with Crippen molar-refractivity contribution < 1.29 is 0 Å². The van der Waals surface area contributed by atoms with Crippen molar-refractivity contribution in [3.63, 3.8) is 0 Å². The molecule has 0 aliphatic heterocycles. The number of hydrogen-bond donors (Lipinski definition) is 1. The Hall–Kier alpha value is -1.52. The summed E-state index contributed by atoms with van der Waals surface area (Å²) in [6.45, 7) is 1.98. The highest BCUT2D eigenvalue weighted by molar-refractivity contribution is 6.35. The van der Waals surface area contributed by atoms with E-state index in [-0.39, 0.29) is 17.3 Å². The first-order valence-corrected chi connectivity index (χ1v) is 6.09. The fourth-order valence-corrected chi connectivity index (χ4v) is 2.22. The molecule has 2 rings (SSSR count). The third-order valence-corrected chi connectivity index (χ3v) is 3.21. The molecule has 1 N–H and O–H groups in total. The molecule has 0 saturated heterocycles. The topological polar surface area (TPSA) is 54.9 Å². The van der Waals surface area contributed by atoms with Crippen LogP contribution in [0.2, 0.25) is 10.2 Å². The minimum atomic E-state index is -0.525. The van der Waals surface area contributed by atoms with Crippen LogP contribution in [0.25, 0.3) is 11.1 Å². The number of aromatic amines is 1. The summed E-state index contributed by atoms with van der Waals surface area (Å²) < 4.78 is 1.07. The Morgan fingerprint density at radius 1 is 1.22 bits per heavy atom. The smallest absolute Gasteiger partial charge is 0.297 e. The molecule has 0 unspecified atom stereocenters. The van der Waals surface area contributed by atoms with Crippen molar-refractivity contribution >= 4 is 23.2 Å². The van der Waals surface area contributed by atoms with Crippen LogP contribution in [0, 0.1) is 0 Å². The summed E-state index contributed by atoms with van der Waals surface area (Å²) in [4.78, 5) is 26.2.